The molecule has 0 aliphatic rings. The maximum atomic E-state index is 12.8. The van der Waals surface area contributed by atoms with E-state index in [1.807, 2.05) is 0 Å². The molecule has 0 radical (unpaired) electrons. The largest absolute Gasteiger partial charge is 0.435 e. The van der Waals surface area contributed by atoms with Crippen molar-refractivity contribution in [2.75, 3.05) is 13.1 Å². The highest BCUT2D eigenvalue weighted by molar-refractivity contribution is 7.89. The lowest BCUT2D eigenvalue weighted by Gasteiger charge is -2.28. The van der Waals surface area contributed by atoms with E-state index in [1.165, 1.54) is 29.2 Å². The van der Waals surface area contributed by atoms with Gasteiger partial charge in [-0.3, -0.25) is 4.79 Å². The molecular formula is C16H24N2O5S. The van der Waals surface area contributed by atoms with E-state index in [0.717, 1.165) is 0 Å². The molecule has 0 aromatic heterocycles. The Morgan fingerprint density at radius 1 is 1.04 bits per heavy atom. The van der Waals surface area contributed by atoms with Gasteiger partial charge >= 0.3 is 6.09 Å². The van der Waals surface area contributed by atoms with Gasteiger partial charge in [0.1, 0.15) is 0 Å². The van der Waals surface area contributed by atoms with Gasteiger partial charge in [-0.2, -0.15) is 8.42 Å². The third-order valence-corrected chi connectivity index (χ3v) is 4.79. The van der Waals surface area contributed by atoms with Crippen LogP contribution in [0.3, 0.4) is 0 Å². The van der Waals surface area contributed by atoms with Crippen molar-refractivity contribution in [1.82, 2.24) is 9.37 Å². The molecule has 0 atom stereocenters. The van der Waals surface area contributed by atoms with E-state index in [4.69, 9.17) is 4.84 Å². The van der Waals surface area contributed by atoms with Crippen LogP contribution in [0.15, 0.2) is 35.2 Å². The van der Waals surface area contributed by atoms with Crippen LogP contribution in [0.4, 0.5) is 4.79 Å². The zero-order valence-corrected chi connectivity index (χ0v) is 15.5. The molecule has 0 saturated carbocycles. The summed E-state index contributed by atoms with van der Waals surface area (Å²) in [5.74, 6) is -0.827. The van der Waals surface area contributed by atoms with Crippen molar-refractivity contribution in [2.24, 2.45) is 5.41 Å². The molecule has 8 heteroatoms. The molecule has 0 aliphatic carbocycles. The Hall–Kier alpha value is -2.09. The van der Waals surface area contributed by atoms with Crippen molar-refractivity contribution in [2.45, 2.75) is 39.5 Å². The van der Waals surface area contributed by atoms with Gasteiger partial charge in [0, 0.05) is 18.5 Å². The van der Waals surface area contributed by atoms with Crippen molar-refractivity contribution in [1.29, 1.82) is 0 Å². The van der Waals surface area contributed by atoms with Crippen LogP contribution >= 0.6 is 0 Å². The number of benzene rings is 1. The lowest BCUT2D eigenvalue weighted by Crippen LogP contribution is -2.47. The average molecular weight is 356 g/mol. The van der Waals surface area contributed by atoms with E-state index >= 15 is 0 Å². The second-order valence-corrected chi connectivity index (χ2v) is 7.88. The molecule has 24 heavy (non-hydrogen) atoms. The Balaban J connectivity index is 3.30. The van der Waals surface area contributed by atoms with Gasteiger partial charge in [-0.05, 0) is 26.0 Å². The molecule has 2 amide bonds. The lowest BCUT2D eigenvalue weighted by atomic mass is 9.96. The fraction of sp³-hybridized carbons (Fsp3) is 0.500. The molecular weight excluding hydrogens is 332 g/mol. The van der Waals surface area contributed by atoms with Crippen molar-refractivity contribution in [3.8, 4) is 0 Å². The Morgan fingerprint density at radius 3 is 1.96 bits per heavy atom. The van der Waals surface area contributed by atoms with Gasteiger partial charge < -0.3 is 9.74 Å². The Kier molecular flexibility index (Phi) is 6.36. The van der Waals surface area contributed by atoms with Gasteiger partial charge in [-0.1, -0.05) is 43.4 Å². The normalized spacial score (nSPS) is 11.7. The van der Waals surface area contributed by atoms with Gasteiger partial charge in [0.2, 0.25) is 0 Å². The summed E-state index contributed by atoms with van der Waals surface area (Å²) in [6, 6.07) is 7.38. The minimum absolute atomic E-state index is 0.130. The maximum Gasteiger partial charge on any atom is 0.435 e. The van der Waals surface area contributed by atoms with Gasteiger partial charge in [-0.15, -0.1) is 0 Å². The molecule has 0 unspecified atom stereocenters. The van der Waals surface area contributed by atoms with Gasteiger partial charge in [0.25, 0.3) is 15.9 Å². The number of carbonyl (C=O) groups excluding carboxylic acids is 2. The first-order valence-corrected chi connectivity index (χ1v) is 9.11. The first-order valence-electron chi connectivity index (χ1n) is 7.67. The van der Waals surface area contributed by atoms with Crippen LogP contribution in [0.1, 0.15) is 34.6 Å². The number of hydroxylamine groups is 1. The van der Waals surface area contributed by atoms with Crippen LogP contribution in [0, 0.1) is 5.41 Å². The molecule has 0 bridgehead atoms. The molecule has 134 valence electrons. The molecule has 0 saturated heterocycles. The van der Waals surface area contributed by atoms with Gasteiger partial charge in [0.15, 0.2) is 0 Å². The average Bonchev–Trinajstić information content (AvgIpc) is 2.53. The molecule has 0 N–H and O–H groups in total. The summed E-state index contributed by atoms with van der Waals surface area (Å²) in [5, 5.41) is 0. The minimum Gasteiger partial charge on any atom is -0.307 e. The van der Waals surface area contributed by atoms with Crippen LogP contribution < -0.4 is 0 Å². The topological polar surface area (TPSA) is 84.0 Å². The number of hydrogen-bond acceptors (Lipinski definition) is 5. The van der Waals surface area contributed by atoms with Crippen molar-refractivity contribution in [3.63, 3.8) is 0 Å². The van der Waals surface area contributed by atoms with Crippen molar-refractivity contribution >= 4 is 22.0 Å². The lowest BCUT2D eigenvalue weighted by molar-refractivity contribution is -0.156. The summed E-state index contributed by atoms with van der Waals surface area (Å²) in [4.78, 5) is 30.9. The summed E-state index contributed by atoms with van der Waals surface area (Å²) in [6.07, 6.45) is -0.892. The van der Waals surface area contributed by atoms with E-state index in [1.54, 1.807) is 40.7 Å². The maximum absolute atomic E-state index is 12.8. The molecule has 0 spiro atoms. The molecule has 0 heterocycles. The van der Waals surface area contributed by atoms with E-state index in [-0.39, 0.29) is 9.36 Å². The van der Waals surface area contributed by atoms with Gasteiger partial charge in [0.05, 0.1) is 4.90 Å². The second-order valence-electron chi connectivity index (χ2n) is 6.13. The van der Waals surface area contributed by atoms with E-state index in [9.17, 15) is 18.0 Å². The fourth-order valence-electron chi connectivity index (χ4n) is 1.77. The Bertz CT molecular complexity index is 676. The zero-order chi connectivity index (χ0) is 18.5. The van der Waals surface area contributed by atoms with Crippen LogP contribution in [-0.4, -0.2) is 42.9 Å². The number of nitrogens with zero attached hydrogens (tertiary/aromatic N) is 2. The fourth-order valence-corrected chi connectivity index (χ4v) is 3.12. The van der Waals surface area contributed by atoms with Crippen LogP contribution in [0.2, 0.25) is 0 Å². The third-order valence-electron chi connectivity index (χ3n) is 3.25. The predicted octanol–water partition coefficient (Wildman–Crippen LogP) is 2.64. The molecule has 7 nitrogen and oxygen atoms in total. The van der Waals surface area contributed by atoms with Gasteiger partial charge in [-0.25, -0.2) is 4.79 Å². The van der Waals surface area contributed by atoms with Crippen LogP contribution in [0.25, 0.3) is 0 Å². The zero-order valence-electron chi connectivity index (χ0n) is 14.6. The molecule has 0 aliphatic heterocycles. The molecule has 1 aromatic rings. The minimum atomic E-state index is -4.31. The van der Waals surface area contributed by atoms with Crippen LogP contribution in [-0.2, 0) is 19.7 Å². The molecule has 1 rings (SSSR count). The second kappa shape index (κ2) is 7.65. The summed E-state index contributed by atoms with van der Waals surface area (Å²) >= 11 is 0. The highest BCUT2D eigenvalue weighted by Crippen LogP contribution is 2.24. The summed E-state index contributed by atoms with van der Waals surface area (Å²) in [5.41, 5.74) is -1.05. The monoisotopic (exact) mass is 356 g/mol. The number of sulfonamides is 1. The van der Waals surface area contributed by atoms with E-state index in [0.29, 0.717) is 13.1 Å². The highest BCUT2D eigenvalue weighted by Gasteiger charge is 2.40. The number of carbonyl (C=O) groups is 2. The predicted molar refractivity (Wildman–Crippen MR) is 89.3 cm³/mol. The number of amides is 2. The molecule has 1 aromatic carbocycles. The van der Waals surface area contributed by atoms with E-state index < -0.39 is 27.4 Å². The highest BCUT2D eigenvalue weighted by atomic mass is 32.2. The van der Waals surface area contributed by atoms with E-state index in [2.05, 4.69) is 0 Å². The molecule has 0 fully saturated rings. The number of rotatable bonds is 4. The standard InChI is InChI=1S/C16H24N2O5S/c1-6-17(7-2)15(20)23-18(14(19)16(3,4)5)24(21,22)13-11-9-8-10-12-13/h8-12H,6-7H2,1-5H3. The summed E-state index contributed by atoms with van der Waals surface area (Å²) in [7, 11) is -4.31. The first-order chi connectivity index (χ1) is 11.1. The number of hydrogen-bond donors (Lipinski definition) is 0. The smallest absolute Gasteiger partial charge is 0.307 e. The summed E-state index contributed by atoms with van der Waals surface area (Å²) in [6.45, 7) is 8.77. The Labute approximate surface area is 143 Å². The first kappa shape index (κ1) is 20.0. The summed E-state index contributed by atoms with van der Waals surface area (Å²) < 4.78 is 25.7. The SMILES string of the molecule is CCN(CC)C(=O)ON(C(=O)C(C)(C)C)S(=O)(=O)c1ccccc1. The quantitative estimate of drug-likeness (QED) is 0.774. The Morgan fingerprint density at radius 2 is 1.54 bits per heavy atom. The van der Waals surface area contributed by atoms with Crippen molar-refractivity contribution in [3.05, 3.63) is 30.3 Å². The van der Waals surface area contributed by atoms with Crippen LogP contribution in [0.5, 0.6) is 0 Å². The van der Waals surface area contributed by atoms with Crippen molar-refractivity contribution < 1.29 is 22.8 Å². The third kappa shape index (κ3) is 4.47.